The topological polar surface area (TPSA) is 101 Å². The number of allylic oxidation sites excluding steroid dienone is 1. The molecule has 106 valence electrons. The number of nitrogens with zero attached hydrogens (tertiary/aromatic N) is 1. The summed E-state index contributed by atoms with van der Waals surface area (Å²) in [6, 6.07) is 9.58. The summed E-state index contributed by atoms with van der Waals surface area (Å²) in [5.74, 6) is -0.299. The fourth-order valence-electron chi connectivity index (χ4n) is 1.92. The van der Waals surface area contributed by atoms with E-state index < -0.39 is 4.92 Å². The molecule has 2 rings (SSSR count). The van der Waals surface area contributed by atoms with E-state index in [0.29, 0.717) is 23.0 Å². The average molecular weight is 285 g/mol. The fraction of sp³-hybridized carbons (Fsp3) is 0. The van der Waals surface area contributed by atoms with E-state index in [1.807, 2.05) is 0 Å². The molecule has 0 aromatic heterocycles. The lowest BCUT2D eigenvalue weighted by Crippen LogP contribution is -1.92. The first-order valence-corrected chi connectivity index (χ1v) is 5.95. The van der Waals surface area contributed by atoms with Crippen molar-refractivity contribution in [3.63, 3.8) is 0 Å². The van der Waals surface area contributed by atoms with Crippen molar-refractivity contribution in [3.05, 3.63) is 69.8 Å². The molecule has 0 atom stereocenters. The number of nitro groups is 1. The molecule has 0 heterocycles. The highest BCUT2D eigenvalue weighted by molar-refractivity contribution is 5.91. The highest BCUT2D eigenvalue weighted by atomic mass is 16.6. The van der Waals surface area contributed by atoms with Crippen molar-refractivity contribution in [1.82, 2.24) is 0 Å². The summed E-state index contributed by atoms with van der Waals surface area (Å²) in [6.45, 7) is 0. The second kappa shape index (κ2) is 5.87. The van der Waals surface area contributed by atoms with Crippen LogP contribution in [-0.2, 0) is 4.79 Å². The summed E-state index contributed by atoms with van der Waals surface area (Å²) >= 11 is 0. The molecule has 0 aliphatic carbocycles. The van der Waals surface area contributed by atoms with E-state index in [4.69, 9.17) is 0 Å². The predicted octanol–water partition coefficient (Wildman–Crippen LogP) is 2.64. The lowest BCUT2D eigenvalue weighted by atomic mass is 9.96. The van der Waals surface area contributed by atoms with Crippen LogP contribution in [0.15, 0.2) is 48.5 Å². The first kappa shape index (κ1) is 14.3. The number of phenolic OH excluding ortho intramolecular Hbond substituents is 2. The van der Waals surface area contributed by atoms with Crippen LogP contribution in [0.25, 0.3) is 5.57 Å². The molecule has 2 aromatic rings. The summed E-state index contributed by atoms with van der Waals surface area (Å²) < 4.78 is 0. The van der Waals surface area contributed by atoms with Crippen LogP contribution in [0.1, 0.15) is 11.1 Å². The third-order valence-corrected chi connectivity index (χ3v) is 2.90. The number of carbonyl (C=O) groups is 1. The minimum absolute atomic E-state index is 0.0702. The van der Waals surface area contributed by atoms with E-state index in [-0.39, 0.29) is 17.2 Å². The lowest BCUT2D eigenvalue weighted by Gasteiger charge is -2.09. The van der Waals surface area contributed by atoms with Crippen molar-refractivity contribution in [2.75, 3.05) is 0 Å². The zero-order valence-corrected chi connectivity index (χ0v) is 10.8. The monoisotopic (exact) mass is 285 g/mol. The van der Waals surface area contributed by atoms with E-state index in [2.05, 4.69) is 0 Å². The minimum atomic E-state index is -0.523. The Bertz CT molecular complexity index is 719. The van der Waals surface area contributed by atoms with Crippen LogP contribution < -0.4 is 0 Å². The molecule has 0 spiro atoms. The molecule has 2 aromatic carbocycles. The lowest BCUT2D eigenvalue weighted by molar-refractivity contribution is -0.384. The number of hydrogen-bond donors (Lipinski definition) is 2. The van der Waals surface area contributed by atoms with Gasteiger partial charge in [-0.1, -0.05) is 0 Å². The van der Waals surface area contributed by atoms with Crippen LogP contribution in [0.3, 0.4) is 0 Å². The largest absolute Gasteiger partial charge is 0.508 e. The quantitative estimate of drug-likeness (QED) is 0.389. The third-order valence-electron chi connectivity index (χ3n) is 2.90. The highest BCUT2D eigenvalue weighted by Crippen LogP contribution is 2.33. The van der Waals surface area contributed by atoms with Crippen molar-refractivity contribution in [2.45, 2.75) is 0 Å². The van der Waals surface area contributed by atoms with Crippen LogP contribution >= 0.6 is 0 Å². The van der Waals surface area contributed by atoms with Gasteiger partial charge in [0.2, 0.25) is 0 Å². The standard InChI is InChI=1S/C15H11NO5/c17-8-7-13(14-6-5-12(18)9-15(14)19)10-1-3-11(4-2-10)16(20)21/h1-9,18-19H/b13-7-. The highest BCUT2D eigenvalue weighted by Gasteiger charge is 2.12. The maximum Gasteiger partial charge on any atom is 0.269 e. The number of aldehydes is 1. The molecule has 0 aliphatic heterocycles. The number of benzene rings is 2. The van der Waals surface area contributed by atoms with E-state index in [1.165, 1.54) is 42.5 Å². The molecule has 0 amide bonds. The third kappa shape index (κ3) is 3.06. The smallest absolute Gasteiger partial charge is 0.269 e. The van der Waals surface area contributed by atoms with Crippen LogP contribution in [-0.4, -0.2) is 21.4 Å². The molecule has 0 radical (unpaired) electrons. The number of hydrogen-bond acceptors (Lipinski definition) is 5. The van der Waals surface area contributed by atoms with Gasteiger partial charge in [0.05, 0.1) is 4.92 Å². The van der Waals surface area contributed by atoms with Crippen LogP contribution in [0.5, 0.6) is 11.5 Å². The van der Waals surface area contributed by atoms with Gasteiger partial charge in [-0.3, -0.25) is 14.9 Å². The van der Waals surface area contributed by atoms with E-state index in [9.17, 15) is 25.1 Å². The zero-order chi connectivity index (χ0) is 15.4. The molecule has 6 heteroatoms. The summed E-state index contributed by atoms with van der Waals surface area (Å²) in [7, 11) is 0. The fourth-order valence-corrected chi connectivity index (χ4v) is 1.92. The average Bonchev–Trinajstić information content (AvgIpc) is 2.46. The summed E-state index contributed by atoms with van der Waals surface area (Å²) in [4.78, 5) is 20.9. The second-order valence-electron chi connectivity index (χ2n) is 4.22. The molecule has 21 heavy (non-hydrogen) atoms. The van der Waals surface area contributed by atoms with Gasteiger partial charge in [0.15, 0.2) is 0 Å². The van der Waals surface area contributed by atoms with Crippen molar-refractivity contribution >= 4 is 17.5 Å². The van der Waals surface area contributed by atoms with Crippen molar-refractivity contribution < 1.29 is 19.9 Å². The molecule has 0 fully saturated rings. The molecule has 2 N–H and O–H groups in total. The number of carbonyl (C=O) groups excluding carboxylic acids is 1. The van der Waals surface area contributed by atoms with Crippen molar-refractivity contribution in [3.8, 4) is 11.5 Å². The number of phenols is 2. The number of aromatic hydroxyl groups is 2. The Kier molecular flexibility index (Phi) is 3.99. The minimum Gasteiger partial charge on any atom is -0.508 e. The van der Waals surface area contributed by atoms with Gasteiger partial charge in [-0.15, -0.1) is 0 Å². The maximum absolute atomic E-state index is 10.8. The van der Waals surface area contributed by atoms with Crippen molar-refractivity contribution in [2.24, 2.45) is 0 Å². The zero-order valence-electron chi connectivity index (χ0n) is 10.8. The molecule has 0 aliphatic rings. The molecular formula is C15H11NO5. The Labute approximate surface area is 119 Å². The van der Waals surface area contributed by atoms with Crippen LogP contribution in [0, 0.1) is 10.1 Å². The van der Waals surface area contributed by atoms with Gasteiger partial charge in [-0.2, -0.15) is 0 Å². The van der Waals surface area contributed by atoms with Crippen molar-refractivity contribution in [1.29, 1.82) is 0 Å². The summed E-state index contributed by atoms with van der Waals surface area (Å²) in [5, 5.41) is 29.8. The van der Waals surface area contributed by atoms with E-state index in [0.717, 1.165) is 6.07 Å². The Morgan fingerprint density at radius 2 is 1.76 bits per heavy atom. The normalized spacial score (nSPS) is 11.1. The van der Waals surface area contributed by atoms with Gasteiger partial charge in [-0.05, 0) is 41.5 Å². The summed E-state index contributed by atoms with van der Waals surface area (Å²) in [5.41, 5.74) is 1.21. The van der Waals surface area contributed by atoms with Gasteiger partial charge in [0.25, 0.3) is 5.69 Å². The van der Waals surface area contributed by atoms with Gasteiger partial charge in [-0.25, -0.2) is 0 Å². The van der Waals surface area contributed by atoms with Gasteiger partial charge >= 0.3 is 0 Å². The van der Waals surface area contributed by atoms with Gasteiger partial charge in [0.1, 0.15) is 17.8 Å². The number of non-ortho nitro benzene ring substituents is 1. The van der Waals surface area contributed by atoms with E-state index in [1.54, 1.807) is 0 Å². The molecule has 0 unspecified atom stereocenters. The first-order chi connectivity index (χ1) is 10.0. The second-order valence-corrected chi connectivity index (χ2v) is 4.22. The maximum atomic E-state index is 10.8. The molecule has 0 saturated heterocycles. The SMILES string of the molecule is O=C/C=C(/c1ccc([N+](=O)[O-])cc1)c1ccc(O)cc1O. The Morgan fingerprint density at radius 1 is 1.10 bits per heavy atom. The Balaban J connectivity index is 2.51. The van der Waals surface area contributed by atoms with E-state index >= 15 is 0 Å². The number of rotatable bonds is 4. The molecular weight excluding hydrogens is 274 g/mol. The van der Waals surface area contributed by atoms with Gasteiger partial charge < -0.3 is 10.2 Å². The first-order valence-electron chi connectivity index (χ1n) is 5.95. The molecule has 0 bridgehead atoms. The Hall–Kier alpha value is -3.15. The summed E-state index contributed by atoms with van der Waals surface area (Å²) in [6.07, 6.45) is 1.80. The Morgan fingerprint density at radius 3 is 2.29 bits per heavy atom. The van der Waals surface area contributed by atoms with Crippen LogP contribution in [0.2, 0.25) is 0 Å². The van der Waals surface area contributed by atoms with Gasteiger partial charge in [0, 0.05) is 23.8 Å². The van der Waals surface area contributed by atoms with Crippen LogP contribution in [0.4, 0.5) is 5.69 Å². The predicted molar refractivity (Wildman–Crippen MR) is 76.0 cm³/mol. The number of nitro benzene ring substituents is 1. The molecule has 6 nitrogen and oxygen atoms in total. The molecule has 0 saturated carbocycles.